The second kappa shape index (κ2) is 6.54. The van der Waals surface area contributed by atoms with Crippen LogP contribution in [0, 0.1) is 0 Å². The topological polar surface area (TPSA) is 64.1 Å². The van der Waals surface area contributed by atoms with Gasteiger partial charge in [-0.3, -0.25) is 14.3 Å². The highest BCUT2D eigenvalue weighted by Gasteiger charge is 2.14. The molecule has 6 heteroatoms. The van der Waals surface area contributed by atoms with Crippen molar-refractivity contribution in [2.45, 2.75) is 13.0 Å². The zero-order valence-electron chi connectivity index (χ0n) is 11.1. The van der Waals surface area contributed by atoms with E-state index in [0.717, 1.165) is 4.57 Å². The van der Waals surface area contributed by atoms with E-state index in [1.54, 1.807) is 19.2 Å². The Morgan fingerprint density at radius 3 is 2.60 bits per heavy atom. The monoisotopic (exact) mass is 294 g/mol. The molecule has 1 aromatic heterocycles. The summed E-state index contributed by atoms with van der Waals surface area (Å²) in [5, 5.41) is 0.0641. The van der Waals surface area contributed by atoms with Crippen molar-refractivity contribution in [3.63, 3.8) is 0 Å². The van der Waals surface area contributed by atoms with Crippen LogP contribution in [-0.4, -0.2) is 23.3 Å². The fraction of sp³-hybridized carbons (Fsp3) is 0.286. The predicted molar refractivity (Wildman–Crippen MR) is 78.3 cm³/mol. The summed E-state index contributed by atoms with van der Waals surface area (Å²) in [5.74, 6) is 0. The van der Waals surface area contributed by atoms with Gasteiger partial charge in [0, 0.05) is 20.3 Å². The highest BCUT2D eigenvalue weighted by atomic mass is 35.5. The molecule has 0 spiro atoms. The Balaban J connectivity index is 2.51. The molecule has 106 valence electrons. The lowest BCUT2D eigenvalue weighted by molar-refractivity contribution is 0.189. The van der Waals surface area contributed by atoms with Gasteiger partial charge in [-0.25, -0.2) is 4.79 Å². The SMILES string of the molecule is COCCCn1c(=O)[nH]c(Cl)c(-c2ccccc2)c1=O. The maximum atomic E-state index is 12.4. The molecule has 0 radical (unpaired) electrons. The van der Waals surface area contributed by atoms with Crippen molar-refractivity contribution < 1.29 is 4.74 Å². The van der Waals surface area contributed by atoms with Crippen LogP contribution < -0.4 is 11.2 Å². The van der Waals surface area contributed by atoms with Crippen molar-refractivity contribution in [1.29, 1.82) is 0 Å². The number of rotatable bonds is 5. The molecule has 0 unspecified atom stereocenters. The Labute approximate surface area is 120 Å². The molecule has 0 amide bonds. The molecule has 0 saturated carbocycles. The first-order valence-corrected chi connectivity index (χ1v) is 6.60. The largest absolute Gasteiger partial charge is 0.385 e. The van der Waals surface area contributed by atoms with Gasteiger partial charge >= 0.3 is 5.69 Å². The van der Waals surface area contributed by atoms with Crippen LogP contribution in [0.5, 0.6) is 0 Å². The van der Waals surface area contributed by atoms with E-state index in [-0.39, 0.29) is 10.7 Å². The minimum Gasteiger partial charge on any atom is -0.385 e. The van der Waals surface area contributed by atoms with Crippen LogP contribution in [0.25, 0.3) is 11.1 Å². The lowest BCUT2D eigenvalue weighted by Gasteiger charge is -2.09. The number of hydrogen-bond donors (Lipinski definition) is 1. The summed E-state index contributed by atoms with van der Waals surface area (Å²) >= 11 is 6.01. The third-order valence-corrected chi connectivity index (χ3v) is 3.22. The Morgan fingerprint density at radius 1 is 1.25 bits per heavy atom. The molecule has 0 aliphatic heterocycles. The molecule has 20 heavy (non-hydrogen) atoms. The van der Waals surface area contributed by atoms with Gasteiger partial charge in [-0.15, -0.1) is 0 Å². The zero-order valence-corrected chi connectivity index (χ0v) is 11.8. The summed E-state index contributed by atoms with van der Waals surface area (Å²) in [4.78, 5) is 26.7. The van der Waals surface area contributed by atoms with E-state index in [1.807, 2.05) is 18.2 Å². The number of aromatic amines is 1. The summed E-state index contributed by atoms with van der Waals surface area (Å²) in [6, 6.07) is 9.03. The van der Waals surface area contributed by atoms with E-state index < -0.39 is 5.69 Å². The Bertz CT molecular complexity index is 692. The maximum Gasteiger partial charge on any atom is 0.329 e. The molecule has 0 saturated heterocycles. The van der Waals surface area contributed by atoms with Gasteiger partial charge in [0.1, 0.15) is 5.15 Å². The Kier molecular flexibility index (Phi) is 4.76. The fourth-order valence-corrected chi connectivity index (χ4v) is 2.24. The van der Waals surface area contributed by atoms with Crippen molar-refractivity contribution in [3.8, 4) is 11.1 Å². The molecule has 0 aliphatic rings. The highest BCUT2D eigenvalue weighted by molar-refractivity contribution is 6.32. The summed E-state index contributed by atoms with van der Waals surface area (Å²) in [6.07, 6.45) is 0.579. The number of benzene rings is 1. The summed E-state index contributed by atoms with van der Waals surface area (Å²) in [6.45, 7) is 0.772. The summed E-state index contributed by atoms with van der Waals surface area (Å²) in [5.41, 5.74) is 0.0976. The van der Waals surface area contributed by atoms with Crippen LogP contribution in [0.3, 0.4) is 0 Å². The average molecular weight is 295 g/mol. The molecule has 1 heterocycles. The summed E-state index contributed by atoms with van der Waals surface area (Å²) in [7, 11) is 1.57. The number of aromatic nitrogens is 2. The predicted octanol–water partition coefficient (Wildman–Crippen LogP) is 1.89. The van der Waals surface area contributed by atoms with Crippen molar-refractivity contribution in [3.05, 3.63) is 56.3 Å². The van der Waals surface area contributed by atoms with Gasteiger partial charge in [-0.05, 0) is 12.0 Å². The van der Waals surface area contributed by atoms with Crippen LogP contribution >= 0.6 is 11.6 Å². The molecular formula is C14H15ClN2O3. The minimum absolute atomic E-state index is 0.0641. The molecule has 1 N–H and O–H groups in total. The van der Waals surface area contributed by atoms with Crippen LogP contribution in [0.15, 0.2) is 39.9 Å². The van der Waals surface area contributed by atoms with Crippen LogP contribution in [0.1, 0.15) is 6.42 Å². The number of H-pyrrole nitrogens is 1. The third kappa shape index (κ3) is 3.00. The second-order valence-corrected chi connectivity index (χ2v) is 4.67. The summed E-state index contributed by atoms with van der Waals surface area (Å²) < 4.78 is 6.07. The Morgan fingerprint density at radius 2 is 1.95 bits per heavy atom. The first kappa shape index (κ1) is 14.6. The Hall–Kier alpha value is -1.85. The smallest absolute Gasteiger partial charge is 0.329 e. The van der Waals surface area contributed by atoms with E-state index in [2.05, 4.69) is 4.98 Å². The number of ether oxygens (including phenoxy) is 1. The third-order valence-electron chi connectivity index (χ3n) is 2.93. The molecule has 0 atom stereocenters. The number of nitrogens with zero attached hydrogens (tertiary/aromatic N) is 1. The number of methoxy groups -OCH3 is 1. The minimum atomic E-state index is -0.504. The van der Waals surface area contributed by atoms with Gasteiger partial charge in [0.25, 0.3) is 5.56 Å². The lowest BCUT2D eigenvalue weighted by atomic mass is 10.1. The van der Waals surface area contributed by atoms with Gasteiger partial charge in [0.15, 0.2) is 0 Å². The first-order chi connectivity index (χ1) is 9.65. The molecule has 2 aromatic rings. The average Bonchev–Trinajstić information content (AvgIpc) is 2.43. The van der Waals surface area contributed by atoms with Gasteiger partial charge < -0.3 is 4.74 Å². The number of nitrogens with one attached hydrogen (secondary N) is 1. The molecule has 5 nitrogen and oxygen atoms in total. The zero-order chi connectivity index (χ0) is 14.5. The van der Waals surface area contributed by atoms with Crippen molar-refractivity contribution >= 4 is 11.6 Å². The van der Waals surface area contributed by atoms with Crippen LogP contribution in [0.2, 0.25) is 5.15 Å². The number of hydrogen-bond acceptors (Lipinski definition) is 3. The maximum absolute atomic E-state index is 12.4. The van der Waals surface area contributed by atoms with Gasteiger partial charge in [-0.2, -0.15) is 0 Å². The van der Waals surface area contributed by atoms with Crippen molar-refractivity contribution in [1.82, 2.24) is 9.55 Å². The molecular weight excluding hydrogens is 280 g/mol. The quantitative estimate of drug-likeness (QED) is 0.676. The first-order valence-electron chi connectivity index (χ1n) is 6.22. The normalized spacial score (nSPS) is 10.7. The van der Waals surface area contributed by atoms with Crippen LogP contribution in [-0.2, 0) is 11.3 Å². The fourth-order valence-electron chi connectivity index (χ4n) is 1.97. The van der Waals surface area contributed by atoms with E-state index >= 15 is 0 Å². The molecule has 0 bridgehead atoms. The molecule has 1 aromatic carbocycles. The van der Waals surface area contributed by atoms with Crippen molar-refractivity contribution in [2.24, 2.45) is 0 Å². The standard InChI is InChI=1S/C14H15ClN2O3/c1-20-9-5-8-17-13(18)11(12(15)16-14(17)19)10-6-3-2-4-7-10/h2-4,6-7H,5,8-9H2,1H3,(H,16,19). The lowest BCUT2D eigenvalue weighted by Crippen LogP contribution is -2.36. The van der Waals surface area contributed by atoms with Crippen molar-refractivity contribution in [2.75, 3.05) is 13.7 Å². The molecule has 2 rings (SSSR count). The van der Waals surface area contributed by atoms with E-state index in [1.165, 1.54) is 0 Å². The molecule has 0 fully saturated rings. The second-order valence-electron chi connectivity index (χ2n) is 4.29. The van der Waals surface area contributed by atoms with Gasteiger partial charge in [0.05, 0.1) is 5.56 Å². The van der Waals surface area contributed by atoms with E-state index in [0.29, 0.717) is 30.7 Å². The van der Waals surface area contributed by atoms with E-state index in [9.17, 15) is 9.59 Å². The highest BCUT2D eigenvalue weighted by Crippen LogP contribution is 2.20. The van der Waals surface area contributed by atoms with Gasteiger partial charge in [0.2, 0.25) is 0 Å². The van der Waals surface area contributed by atoms with Crippen LogP contribution in [0.4, 0.5) is 0 Å². The van der Waals surface area contributed by atoms with Gasteiger partial charge in [-0.1, -0.05) is 41.9 Å². The van der Waals surface area contributed by atoms with E-state index in [4.69, 9.17) is 16.3 Å². The molecule has 0 aliphatic carbocycles. The number of halogens is 1.